The number of aryl methyl sites for hydroxylation is 1. The highest BCUT2D eigenvalue weighted by atomic mass is 35.5. The fraction of sp³-hybridized carbons (Fsp3) is 0.214. The van der Waals surface area contributed by atoms with Crippen molar-refractivity contribution in [2.45, 2.75) is 12.8 Å². The molecule has 0 aliphatic carbocycles. The van der Waals surface area contributed by atoms with Gasteiger partial charge in [0.2, 0.25) is 0 Å². The molecule has 19 heavy (non-hydrogen) atoms. The molecule has 0 aliphatic rings. The molecule has 1 aromatic heterocycles. The van der Waals surface area contributed by atoms with Crippen LogP contribution in [0.3, 0.4) is 0 Å². The number of thiophene rings is 1. The first-order chi connectivity index (χ1) is 9.20. The number of anilines is 1. The standard InChI is InChI=1S/C14H13Cl2NOS/c15-7-2-4-10-3-1-5-11(9-10)17-14(18)13-12(16)6-8-19-13/h1,3,5-6,8-9H,2,4,7H2,(H,17,18). The summed E-state index contributed by atoms with van der Waals surface area (Å²) < 4.78 is 0. The molecule has 2 nitrogen and oxygen atoms in total. The van der Waals surface area contributed by atoms with E-state index in [-0.39, 0.29) is 5.91 Å². The van der Waals surface area contributed by atoms with E-state index in [0.717, 1.165) is 24.1 Å². The van der Waals surface area contributed by atoms with Gasteiger partial charge in [-0.25, -0.2) is 0 Å². The summed E-state index contributed by atoms with van der Waals surface area (Å²) in [4.78, 5) is 12.6. The molecule has 0 unspecified atom stereocenters. The van der Waals surface area contributed by atoms with Gasteiger partial charge < -0.3 is 5.32 Å². The van der Waals surface area contributed by atoms with Crippen molar-refractivity contribution >= 4 is 46.1 Å². The zero-order valence-electron chi connectivity index (χ0n) is 10.2. The molecular weight excluding hydrogens is 301 g/mol. The Labute approximate surface area is 126 Å². The summed E-state index contributed by atoms with van der Waals surface area (Å²) in [5.74, 6) is 0.469. The van der Waals surface area contributed by atoms with E-state index in [1.807, 2.05) is 24.3 Å². The maximum absolute atomic E-state index is 12.0. The smallest absolute Gasteiger partial charge is 0.267 e. The van der Waals surface area contributed by atoms with Crippen molar-refractivity contribution in [1.29, 1.82) is 0 Å². The van der Waals surface area contributed by atoms with Crippen molar-refractivity contribution in [3.63, 3.8) is 0 Å². The summed E-state index contributed by atoms with van der Waals surface area (Å²) in [6.45, 7) is 0. The Bertz CT molecular complexity index is 568. The molecule has 0 atom stereocenters. The molecule has 0 saturated carbocycles. The second kappa shape index (κ2) is 6.94. The van der Waals surface area contributed by atoms with Crippen molar-refractivity contribution in [2.24, 2.45) is 0 Å². The lowest BCUT2D eigenvalue weighted by Crippen LogP contribution is -2.10. The second-order valence-electron chi connectivity index (χ2n) is 4.04. The van der Waals surface area contributed by atoms with E-state index in [1.54, 1.807) is 11.4 Å². The van der Waals surface area contributed by atoms with Crippen LogP contribution in [0.2, 0.25) is 5.02 Å². The van der Waals surface area contributed by atoms with E-state index in [0.29, 0.717) is 15.8 Å². The van der Waals surface area contributed by atoms with E-state index in [1.165, 1.54) is 11.3 Å². The molecule has 1 aromatic carbocycles. The minimum absolute atomic E-state index is 0.172. The zero-order valence-corrected chi connectivity index (χ0v) is 12.5. The molecule has 1 amide bonds. The van der Waals surface area contributed by atoms with Gasteiger partial charge >= 0.3 is 0 Å². The predicted octanol–water partition coefficient (Wildman–Crippen LogP) is 4.83. The number of halogens is 2. The van der Waals surface area contributed by atoms with E-state index in [2.05, 4.69) is 5.32 Å². The number of carbonyl (C=O) groups is 1. The highest BCUT2D eigenvalue weighted by Crippen LogP contribution is 2.23. The summed E-state index contributed by atoms with van der Waals surface area (Å²) in [6, 6.07) is 9.50. The van der Waals surface area contributed by atoms with Gasteiger partial charge in [0.25, 0.3) is 5.91 Å². The largest absolute Gasteiger partial charge is 0.321 e. The van der Waals surface area contributed by atoms with Crippen LogP contribution in [0, 0.1) is 0 Å². The molecule has 100 valence electrons. The Kier molecular flexibility index (Phi) is 5.25. The van der Waals surface area contributed by atoms with Gasteiger partial charge in [-0.15, -0.1) is 22.9 Å². The molecule has 0 bridgehead atoms. The summed E-state index contributed by atoms with van der Waals surface area (Å²) in [7, 11) is 0. The summed E-state index contributed by atoms with van der Waals surface area (Å²) >= 11 is 12.9. The Hall–Kier alpha value is -1.03. The third kappa shape index (κ3) is 3.96. The van der Waals surface area contributed by atoms with Gasteiger partial charge in [-0.3, -0.25) is 4.79 Å². The van der Waals surface area contributed by atoms with Gasteiger partial charge in [0, 0.05) is 11.6 Å². The Morgan fingerprint density at radius 2 is 2.16 bits per heavy atom. The molecule has 2 rings (SSSR count). The lowest BCUT2D eigenvalue weighted by atomic mass is 10.1. The molecule has 2 aromatic rings. The maximum Gasteiger partial charge on any atom is 0.267 e. The van der Waals surface area contributed by atoms with Crippen LogP contribution in [0.4, 0.5) is 5.69 Å². The van der Waals surface area contributed by atoms with Gasteiger partial charge in [0.1, 0.15) is 4.88 Å². The lowest BCUT2D eigenvalue weighted by Gasteiger charge is -2.06. The Balaban J connectivity index is 2.07. The molecule has 0 spiro atoms. The average molecular weight is 314 g/mol. The maximum atomic E-state index is 12.0. The van der Waals surface area contributed by atoms with Gasteiger partial charge in [-0.1, -0.05) is 23.7 Å². The quantitative estimate of drug-likeness (QED) is 0.787. The number of amides is 1. The van der Waals surface area contributed by atoms with Gasteiger partial charge in [-0.05, 0) is 42.0 Å². The van der Waals surface area contributed by atoms with Gasteiger partial charge in [-0.2, -0.15) is 0 Å². The summed E-state index contributed by atoms with van der Waals surface area (Å²) in [5, 5.41) is 5.14. The van der Waals surface area contributed by atoms with Gasteiger partial charge in [0.05, 0.1) is 5.02 Å². The highest BCUT2D eigenvalue weighted by molar-refractivity contribution is 7.12. The van der Waals surface area contributed by atoms with E-state index >= 15 is 0 Å². The van der Waals surface area contributed by atoms with Crippen LogP contribution in [0.1, 0.15) is 21.7 Å². The minimum atomic E-state index is -0.172. The second-order valence-corrected chi connectivity index (χ2v) is 5.75. The average Bonchev–Trinajstić information content (AvgIpc) is 2.83. The summed E-state index contributed by atoms with van der Waals surface area (Å²) in [6.07, 6.45) is 1.84. The SMILES string of the molecule is O=C(Nc1cccc(CCCCl)c1)c1sccc1Cl. The van der Waals surface area contributed by atoms with E-state index in [9.17, 15) is 4.79 Å². The van der Waals surface area contributed by atoms with Crippen molar-refractivity contribution in [1.82, 2.24) is 0 Å². The topological polar surface area (TPSA) is 29.1 Å². The normalized spacial score (nSPS) is 10.4. The molecule has 0 fully saturated rings. The number of benzene rings is 1. The number of hydrogen-bond acceptors (Lipinski definition) is 2. The molecule has 0 radical (unpaired) electrons. The number of nitrogens with one attached hydrogen (secondary N) is 1. The van der Waals surface area contributed by atoms with Crippen LogP contribution < -0.4 is 5.32 Å². The van der Waals surface area contributed by atoms with Crippen molar-refractivity contribution in [2.75, 3.05) is 11.2 Å². The molecular formula is C14H13Cl2NOS. The minimum Gasteiger partial charge on any atom is -0.321 e. The zero-order chi connectivity index (χ0) is 13.7. The van der Waals surface area contributed by atoms with Crippen LogP contribution >= 0.6 is 34.5 Å². The van der Waals surface area contributed by atoms with E-state index < -0.39 is 0 Å². The van der Waals surface area contributed by atoms with Crippen molar-refractivity contribution < 1.29 is 4.79 Å². The molecule has 1 N–H and O–H groups in total. The third-order valence-electron chi connectivity index (χ3n) is 2.61. The molecule has 0 saturated heterocycles. The summed E-state index contributed by atoms with van der Waals surface area (Å²) in [5.41, 5.74) is 1.94. The molecule has 0 aliphatic heterocycles. The Morgan fingerprint density at radius 1 is 1.32 bits per heavy atom. The molecule has 5 heteroatoms. The first-order valence-corrected chi connectivity index (χ1v) is 7.69. The van der Waals surface area contributed by atoms with Crippen LogP contribution in [-0.4, -0.2) is 11.8 Å². The number of hydrogen-bond donors (Lipinski definition) is 1. The van der Waals surface area contributed by atoms with Crippen LogP contribution in [0.15, 0.2) is 35.7 Å². The number of alkyl halides is 1. The van der Waals surface area contributed by atoms with Crippen LogP contribution in [-0.2, 0) is 6.42 Å². The molecule has 1 heterocycles. The van der Waals surface area contributed by atoms with Crippen LogP contribution in [0.25, 0.3) is 0 Å². The predicted molar refractivity (Wildman–Crippen MR) is 82.8 cm³/mol. The van der Waals surface area contributed by atoms with E-state index in [4.69, 9.17) is 23.2 Å². The third-order valence-corrected chi connectivity index (χ3v) is 4.21. The van der Waals surface area contributed by atoms with Gasteiger partial charge in [0.15, 0.2) is 0 Å². The first-order valence-electron chi connectivity index (χ1n) is 5.90. The van der Waals surface area contributed by atoms with Crippen molar-refractivity contribution in [3.05, 3.63) is 51.2 Å². The number of carbonyl (C=O) groups excluding carboxylic acids is 1. The Morgan fingerprint density at radius 3 is 2.84 bits per heavy atom. The number of rotatable bonds is 5. The van der Waals surface area contributed by atoms with Crippen LogP contribution in [0.5, 0.6) is 0 Å². The fourth-order valence-corrected chi connectivity index (χ4v) is 2.89. The monoisotopic (exact) mass is 313 g/mol. The first kappa shape index (κ1) is 14.4. The van der Waals surface area contributed by atoms with Crippen molar-refractivity contribution in [3.8, 4) is 0 Å². The fourth-order valence-electron chi connectivity index (χ4n) is 1.72. The highest BCUT2D eigenvalue weighted by Gasteiger charge is 2.11. The lowest BCUT2D eigenvalue weighted by molar-refractivity contribution is 0.103.